The minimum atomic E-state index is -0.983. The molecule has 0 bridgehead atoms. The van der Waals surface area contributed by atoms with E-state index in [-0.39, 0.29) is 11.9 Å². The van der Waals surface area contributed by atoms with Gasteiger partial charge in [0.1, 0.15) is 28.5 Å². The Morgan fingerprint density at radius 2 is 1.97 bits per heavy atom. The van der Waals surface area contributed by atoms with E-state index >= 15 is 0 Å². The van der Waals surface area contributed by atoms with Crippen molar-refractivity contribution in [1.29, 1.82) is 0 Å². The van der Waals surface area contributed by atoms with Crippen LogP contribution in [0.4, 0.5) is 5.82 Å². The van der Waals surface area contributed by atoms with Crippen LogP contribution >= 0.6 is 0 Å². The van der Waals surface area contributed by atoms with Crippen LogP contribution in [-0.2, 0) is 4.79 Å². The number of carbonyl (C=O) groups is 1. The maximum atomic E-state index is 12.1. The Labute approximate surface area is 184 Å². The third-order valence-corrected chi connectivity index (χ3v) is 6.04. The molecule has 0 aromatic carbocycles. The maximum absolute atomic E-state index is 12.1. The number of likely N-dealkylation sites (tertiary alicyclic amines) is 1. The summed E-state index contributed by atoms with van der Waals surface area (Å²) >= 11 is 0. The number of anilines is 1. The van der Waals surface area contributed by atoms with Crippen molar-refractivity contribution in [1.82, 2.24) is 34.8 Å². The summed E-state index contributed by atoms with van der Waals surface area (Å²) in [7, 11) is 0. The summed E-state index contributed by atoms with van der Waals surface area (Å²) in [5, 5.41) is 18.3. The van der Waals surface area contributed by atoms with E-state index in [4.69, 9.17) is 10.7 Å². The molecule has 1 aliphatic rings. The summed E-state index contributed by atoms with van der Waals surface area (Å²) in [6.45, 7) is 4.54. The molecule has 3 N–H and O–H groups in total. The summed E-state index contributed by atoms with van der Waals surface area (Å²) in [4.78, 5) is 27.5. The molecule has 1 saturated heterocycles. The van der Waals surface area contributed by atoms with E-state index in [9.17, 15) is 9.90 Å². The zero-order chi connectivity index (χ0) is 22.4. The van der Waals surface area contributed by atoms with E-state index in [0.29, 0.717) is 24.4 Å². The number of aromatic nitrogens is 6. The Morgan fingerprint density at radius 3 is 2.69 bits per heavy atom. The standard InChI is InChI=1S/C22H24N8O2/c1-12-9-14(10-25-21(12)23)16-3-4-17-19(26-16)20-18(11-24-17)27-28-30(20)15-5-7-29(8-6-15)22(32)13(2)31/h3-4,9-11,13,15,31H,5-8H2,1-2H3,(H2,23,25)/t13-/m1/s1. The summed E-state index contributed by atoms with van der Waals surface area (Å²) < 4.78 is 1.91. The number of nitrogen functional groups attached to an aromatic ring is 1. The highest BCUT2D eigenvalue weighted by Crippen LogP contribution is 2.30. The highest BCUT2D eigenvalue weighted by atomic mass is 16.3. The quantitative estimate of drug-likeness (QED) is 0.501. The summed E-state index contributed by atoms with van der Waals surface area (Å²) in [5.74, 6) is 0.265. The lowest BCUT2D eigenvalue weighted by Crippen LogP contribution is -2.43. The first-order valence-electron chi connectivity index (χ1n) is 10.6. The van der Waals surface area contributed by atoms with Gasteiger partial charge in [0.05, 0.1) is 23.4 Å². The van der Waals surface area contributed by atoms with Crippen molar-refractivity contribution >= 4 is 33.8 Å². The number of aliphatic hydroxyl groups is 1. The van der Waals surface area contributed by atoms with E-state index in [1.807, 2.05) is 29.8 Å². The molecule has 1 atom stereocenters. The number of piperidine rings is 1. The first-order valence-corrected chi connectivity index (χ1v) is 10.6. The second kappa shape index (κ2) is 7.79. The number of aliphatic hydroxyl groups excluding tert-OH is 1. The summed E-state index contributed by atoms with van der Waals surface area (Å²) in [6, 6.07) is 5.90. The first-order chi connectivity index (χ1) is 15.4. The number of hydrogen-bond acceptors (Lipinski definition) is 8. The Morgan fingerprint density at radius 1 is 1.19 bits per heavy atom. The smallest absolute Gasteiger partial charge is 0.251 e. The molecule has 10 heteroatoms. The molecule has 32 heavy (non-hydrogen) atoms. The van der Waals surface area contributed by atoms with Crippen molar-refractivity contribution in [3.63, 3.8) is 0 Å². The largest absolute Gasteiger partial charge is 0.384 e. The van der Waals surface area contributed by atoms with Crippen LogP contribution < -0.4 is 5.73 Å². The molecule has 164 valence electrons. The van der Waals surface area contributed by atoms with Crippen LogP contribution in [0, 0.1) is 6.92 Å². The van der Waals surface area contributed by atoms with Crippen molar-refractivity contribution in [2.45, 2.75) is 38.8 Å². The molecule has 4 aromatic heterocycles. The fourth-order valence-electron chi connectivity index (χ4n) is 4.22. The molecule has 0 aliphatic carbocycles. The molecule has 1 aliphatic heterocycles. The zero-order valence-corrected chi connectivity index (χ0v) is 17.9. The molecular weight excluding hydrogens is 408 g/mol. The van der Waals surface area contributed by atoms with E-state index < -0.39 is 6.10 Å². The SMILES string of the molecule is Cc1cc(-c2ccc3ncc4nnn(C5CCN(C(=O)[C@@H](C)O)CC5)c4c3n2)cnc1N. The topological polar surface area (TPSA) is 136 Å². The van der Waals surface area contributed by atoms with Gasteiger partial charge in [-0.05, 0) is 50.5 Å². The molecule has 5 rings (SSSR count). The van der Waals surface area contributed by atoms with E-state index in [0.717, 1.165) is 46.2 Å². The van der Waals surface area contributed by atoms with Crippen LogP contribution in [0.15, 0.2) is 30.6 Å². The summed E-state index contributed by atoms with van der Waals surface area (Å²) in [5.41, 5.74) is 11.4. The van der Waals surface area contributed by atoms with Gasteiger partial charge in [0.15, 0.2) is 0 Å². The Bertz CT molecular complexity index is 1320. The zero-order valence-electron chi connectivity index (χ0n) is 17.9. The van der Waals surface area contributed by atoms with Crippen molar-refractivity contribution in [2.24, 2.45) is 0 Å². The van der Waals surface area contributed by atoms with E-state index in [2.05, 4.69) is 20.3 Å². The predicted octanol–water partition coefficient (Wildman–Crippen LogP) is 1.87. The second-order valence-corrected chi connectivity index (χ2v) is 8.25. The van der Waals surface area contributed by atoms with Crippen molar-refractivity contribution in [3.05, 3.63) is 36.2 Å². The Balaban J connectivity index is 1.54. The van der Waals surface area contributed by atoms with Gasteiger partial charge in [-0.2, -0.15) is 0 Å². The molecular formula is C22H24N8O2. The van der Waals surface area contributed by atoms with Crippen molar-refractivity contribution in [2.75, 3.05) is 18.8 Å². The number of nitrogens with two attached hydrogens (primary N) is 1. The van der Waals surface area contributed by atoms with Gasteiger partial charge in [0, 0.05) is 24.8 Å². The minimum absolute atomic E-state index is 0.0783. The van der Waals surface area contributed by atoms with Crippen LogP contribution in [-0.4, -0.2) is 65.1 Å². The van der Waals surface area contributed by atoms with Gasteiger partial charge in [0.25, 0.3) is 5.91 Å². The van der Waals surface area contributed by atoms with Gasteiger partial charge < -0.3 is 15.7 Å². The summed E-state index contributed by atoms with van der Waals surface area (Å²) in [6.07, 6.45) is 3.89. The molecule has 0 saturated carbocycles. The lowest BCUT2D eigenvalue weighted by molar-refractivity contribution is -0.140. The van der Waals surface area contributed by atoms with Gasteiger partial charge in [-0.25, -0.2) is 14.6 Å². The van der Waals surface area contributed by atoms with Crippen molar-refractivity contribution in [3.8, 4) is 11.3 Å². The molecule has 1 fully saturated rings. The van der Waals surface area contributed by atoms with Gasteiger partial charge in [-0.1, -0.05) is 5.21 Å². The van der Waals surface area contributed by atoms with Crippen LogP contribution in [0.2, 0.25) is 0 Å². The lowest BCUT2D eigenvalue weighted by atomic mass is 10.0. The van der Waals surface area contributed by atoms with Gasteiger partial charge in [0.2, 0.25) is 0 Å². The number of nitrogens with zero attached hydrogens (tertiary/aromatic N) is 7. The number of rotatable bonds is 3. The third-order valence-electron chi connectivity index (χ3n) is 6.04. The van der Waals surface area contributed by atoms with Crippen LogP contribution in [0.5, 0.6) is 0 Å². The van der Waals surface area contributed by atoms with E-state index in [1.54, 1.807) is 17.3 Å². The number of amides is 1. The normalized spacial score (nSPS) is 16.0. The number of carbonyl (C=O) groups excluding carboxylic acids is 1. The minimum Gasteiger partial charge on any atom is -0.384 e. The number of fused-ring (bicyclic) bond motifs is 3. The van der Waals surface area contributed by atoms with Gasteiger partial charge in [-0.3, -0.25) is 9.78 Å². The number of aryl methyl sites for hydroxylation is 1. The Kier molecular flexibility index (Phi) is 4.93. The lowest BCUT2D eigenvalue weighted by Gasteiger charge is -2.32. The number of pyridine rings is 3. The highest BCUT2D eigenvalue weighted by molar-refractivity contribution is 5.99. The third kappa shape index (κ3) is 3.42. The molecule has 0 spiro atoms. The first kappa shape index (κ1) is 20.3. The maximum Gasteiger partial charge on any atom is 0.251 e. The molecule has 5 heterocycles. The van der Waals surface area contributed by atoms with Crippen molar-refractivity contribution < 1.29 is 9.90 Å². The van der Waals surface area contributed by atoms with Gasteiger partial charge >= 0.3 is 0 Å². The number of hydrogen-bond donors (Lipinski definition) is 2. The van der Waals surface area contributed by atoms with Crippen LogP contribution in [0.1, 0.15) is 31.4 Å². The van der Waals surface area contributed by atoms with Gasteiger partial charge in [-0.15, -0.1) is 5.10 Å². The predicted molar refractivity (Wildman–Crippen MR) is 120 cm³/mol. The average Bonchev–Trinajstić information content (AvgIpc) is 3.25. The molecule has 1 amide bonds. The van der Waals surface area contributed by atoms with Crippen LogP contribution in [0.25, 0.3) is 33.3 Å². The highest BCUT2D eigenvalue weighted by Gasteiger charge is 2.28. The monoisotopic (exact) mass is 432 g/mol. The average molecular weight is 432 g/mol. The molecule has 4 aromatic rings. The molecule has 0 unspecified atom stereocenters. The second-order valence-electron chi connectivity index (χ2n) is 8.25. The molecule has 0 radical (unpaired) electrons. The fourth-order valence-corrected chi connectivity index (χ4v) is 4.22. The van der Waals surface area contributed by atoms with E-state index in [1.165, 1.54) is 6.92 Å². The Hall–Kier alpha value is -3.66. The van der Waals surface area contributed by atoms with Crippen LogP contribution in [0.3, 0.4) is 0 Å². The molecule has 10 nitrogen and oxygen atoms in total. The fraction of sp³-hybridized carbons (Fsp3) is 0.364.